The van der Waals surface area contributed by atoms with E-state index in [4.69, 9.17) is 9.47 Å². The van der Waals surface area contributed by atoms with Crippen LogP contribution in [-0.4, -0.2) is 50.1 Å². The van der Waals surface area contributed by atoms with Crippen molar-refractivity contribution in [1.82, 2.24) is 10.2 Å². The SMILES string of the molecule is COc1ccc(C(=O)N[C@@H](CC(C)C)C(=O)N2CCCC2)cc1OC. The van der Waals surface area contributed by atoms with Crippen molar-refractivity contribution in [2.45, 2.75) is 39.2 Å². The maximum atomic E-state index is 12.7. The molecule has 6 nitrogen and oxygen atoms in total. The molecule has 25 heavy (non-hydrogen) atoms. The zero-order valence-corrected chi connectivity index (χ0v) is 15.5. The first-order valence-electron chi connectivity index (χ1n) is 8.78. The molecule has 0 saturated carbocycles. The first-order valence-corrected chi connectivity index (χ1v) is 8.78. The molecule has 0 bridgehead atoms. The number of carbonyl (C=O) groups is 2. The molecule has 1 fully saturated rings. The van der Waals surface area contributed by atoms with Crippen LogP contribution in [0.4, 0.5) is 0 Å². The van der Waals surface area contributed by atoms with Gasteiger partial charge in [0, 0.05) is 18.7 Å². The average Bonchev–Trinajstić information content (AvgIpc) is 3.13. The maximum absolute atomic E-state index is 12.7. The summed E-state index contributed by atoms with van der Waals surface area (Å²) in [5.74, 6) is 1.09. The van der Waals surface area contributed by atoms with Gasteiger partial charge in [0.2, 0.25) is 5.91 Å². The number of nitrogens with zero attached hydrogens (tertiary/aromatic N) is 1. The average molecular weight is 348 g/mol. The molecule has 1 aromatic carbocycles. The summed E-state index contributed by atoms with van der Waals surface area (Å²) in [6.45, 7) is 5.65. The van der Waals surface area contributed by atoms with Crippen LogP contribution in [0, 0.1) is 5.92 Å². The van der Waals surface area contributed by atoms with Gasteiger partial charge >= 0.3 is 0 Å². The van der Waals surface area contributed by atoms with E-state index in [2.05, 4.69) is 5.32 Å². The Morgan fingerprint density at radius 1 is 1.12 bits per heavy atom. The lowest BCUT2D eigenvalue weighted by atomic mass is 10.0. The highest BCUT2D eigenvalue weighted by molar-refractivity contribution is 5.98. The van der Waals surface area contributed by atoms with E-state index in [9.17, 15) is 9.59 Å². The lowest BCUT2D eigenvalue weighted by Crippen LogP contribution is -2.48. The second-order valence-corrected chi connectivity index (χ2v) is 6.76. The summed E-state index contributed by atoms with van der Waals surface area (Å²) in [6, 6.07) is 4.48. The van der Waals surface area contributed by atoms with Gasteiger partial charge in [0.25, 0.3) is 5.91 Å². The van der Waals surface area contributed by atoms with Crippen molar-refractivity contribution in [3.8, 4) is 11.5 Å². The molecule has 1 saturated heterocycles. The Balaban J connectivity index is 2.14. The molecule has 1 N–H and O–H groups in total. The van der Waals surface area contributed by atoms with Crippen LogP contribution in [0.15, 0.2) is 18.2 Å². The summed E-state index contributed by atoms with van der Waals surface area (Å²) in [4.78, 5) is 27.2. The molecule has 0 unspecified atom stereocenters. The summed E-state index contributed by atoms with van der Waals surface area (Å²) in [5.41, 5.74) is 0.445. The van der Waals surface area contributed by atoms with Gasteiger partial charge in [-0.1, -0.05) is 13.8 Å². The Hall–Kier alpha value is -2.24. The first-order chi connectivity index (χ1) is 12.0. The van der Waals surface area contributed by atoms with Crippen molar-refractivity contribution >= 4 is 11.8 Å². The van der Waals surface area contributed by atoms with Crippen LogP contribution in [0.25, 0.3) is 0 Å². The highest BCUT2D eigenvalue weighted by atomic mass is 16.5. The molecule has 2 rings (SSSR count). The van der Waals surface area contributed by atoms with Crippen LogP contribution in [0.2, 0.25) is 0 Å². The molecular formula is C19H28N2O4. The molecule has 0 spiro atoms. The van der Waals surface area contributed by atoms with Gasteiger partial charge in [-0.15, -0.1) is 0 Å². The van der Waals surface area contributed by atoms with Gasteiger partial charge in [0.15, 0.2) is 11.5 Å². The molecule has 1 aliphatic heterocycles. The number of methoxy groups -OCH3 is 2. The molecule has 2 amide bonds. The van der Waals surface area contributed by atoms with E-state index in [-0.39, 0.29) is 11.8 Å². The minimum absolute atomic E-state index is 0.0139. The number of amides is 2. The van der Waals surface area contributed by atoms with Gasteiger partial charge in [-0.05, 0) is 43.4 Å². The predicted molar refractivity (Wildman–Crippen MR) is 96.1 cm³/mol. The van der Waals surface area contributed by atoms with Crippen LogP contribution in [-0.2, 0) is 4.79 Å². The number of rotatable bonds is 7. The second kappa shape index (κ2) is 8.74. The molecule has 0 radical (unpaired) electrons. The minimum atomic E-state index is -0.501. The van der Waals surface area contributed by atoms with Crippen LogP contribution in [0.5, 0.6) is 11.5 Å². The van der Waals surface area contributed by atoms with Crippen molar-refractivity contribution in [2.75, 3.05) is 27.3 Å². The number of ether oxygens (including phenoxy) is 2. The predicted octanol–water partition coefficient (Wildman–Crippen LogP) is 2.47. The standard InChI is InChI=1S/C19H28N2O4/c1-13(2)11-15(19(23)21-9-5-6-10-21)20-18(22)14-7-8-16(24-3)17(12-14)25-4/h7-8,12-13,15H,5-6,9-11H2,1-4H3,(H,20,22)/t15-/m0/s1. The topological polar surface area (TPSA) is 67.9 Å². The molecule has 1 aliphatic rings. The lowest BCUT2D eigenvalue weighted by Gasteiger charge is -2.25. The van der Waals surface area contributed by atoms with Crippen LogP contribution in [0.3, 0.4) is 0 Å². The highest BCUT2D eigenvalue weighted by Gasteiger charge is 2.28. The van der Waals surface area contributed by atoms with Crippen LogP contribution >= 0.6 is 0 Å². The fraction of sp³-hybridized carbons (Fsp3) is 0.579. The Kier molecular flexibility index (Phi) is 6.67. The van der Waals surface area contributed by atoms with Crippen molar-refractivity contribution in [3.63, 3.8) is 0 Å². The number of nitrogens with one attached hydrogen (secondary N) is 1. The Morgan fingerprint density at radius 2 is 1.76 bits per heavy atom. The van der Waals surface area contributed by atoms with Crippen molar-refractivity contribution < 1.29 is 19.1 Å². The minimum Gasteiger partial charge on any atom is -0.493 e. The van der Waals surface area contributed by atoms with E-state index in [1.165, 1.54) is 7.11 Å². The van der Waals surface area contributed by atoms with E-state index in [0.29, 0.717) is 29.4 Å². The summed E-state index contributed by atoms with van der Waals surface area (Å²) in [7, 11) is 3.07. The van der Waals surface area contributed by atoms with Gasteiger partial charge in [0.05, 0.1) is 14.2 Å². The van der Waals surface area contributed by atoms with Gasteiger partial charge < -0.3 is 19.7 Å². The van der Waals surface area contributed by atoms with E-state index in [1.807, 2.05) is 18.7 Å². The van der Waals surface area contributed by atoms with Crippen LogP contribution in [0.1, 0.15) is 43.5 Å². The van der Waals surface area contributed by atoms with E-state index >= 15 is 0 Å². The van der Waals surface area contributed by atoms with Gasteiger partial charge in [-0.25, -0.2) is 0 Å². The molecule has 6 heteroatoms. The number of hydrogen-bond donors (Lipinski definition) is 1. The lowest BCUT2D eigenvalue weighted by molar-refractivity contribution is -0.132. The summed E-state index contributed by atoms with van der Waals surface area (Å²) >= 11 is 0. The Morgan fingerprint density at radius 3 is 2.32 bits per heavy atom. The quantitative estimate of drug-likeness (QED) is 0.822. The van der Waals surface area contributed by atoms with E-state index < -0.39 is 6.04 Å². The van der Waals surface area contributed by atoms with E-state index in [1.54, 1.807) is 25.3 Å². The number of likely N-dealkylation sites (tertiary alicyclic amines) is 1. The third-order valence-corrected chi connectivity index (χ3v) is 4.37. The normalized spacial score (nSPS) is 15.2. The Labute approximate surface area is 149 Å². The van der Waals surface area contributed by atoms with Gasteiger partial charge in [0.1, 0.15) is 6.04 Å². The summed E-state index contributed by atoms with van der Waals surface area (Å²) < 4.78 is 10.4. The third-order valence-electron chi connectivity index (χ3n) is 4.37. The first kappa shape index (κ1) is 19.1. The fourth-order valence-corrected chi connectivity index (χ4v) is 3.07. The molecule has 1 aromatic rings. The largest absolute Gasteiger partial charge is 0.493 e. The monoisotopic (exact) mass is 348 g/mol. The fourth-order valence-electron chi connectivity index (χ4n) is 3.07. The zero-order valence-electron chi connectivity index (χ0n) is 15.5. The highest BCUT2D eigenvalue weighted by Crippen LogP contribution is 2.27. The molecular weight excluding hydrogens is 320 g/mol. The maximum Gasteiger partial charge on any atom is 0.252 e. The molecule has 1 atom stereocenters. The molecule has 0 aromatic heterocycles. The Bertz CT molecular complexity index is 609. The van der Waals surface area contributed by atoms with Crippen LogP contribution < -0.4 is 14.8 Å². The van der Waals surface area contributed by atoms with E-state index in [0.717, 1.165) is 25.9 Å². The van der Waals surface area contributed by atoms with Gasteiger partial charge in [-0.3, -0.25) is 9.59 Å². The summed E-state index contributed by atoms with van der Waals surface area (Å²) in [6.07, 6.45) is 2.68. The second-order valence-electron chi connectivity index (χ2n) is 6.76. The third kappa shape index (κ3) is 4.87. The number of hydrogen-bond acceptors (Lipinski definition) is 4. The van der Waals surface area contributed by atoms with Gasteiger partial charge in [-0.2, -0.15) is 0 Å². The van der Waals surface area contributed by atoms with Crippen molar-refractivity contribution in [3.05, 3.63) is 23.8 Å². The molecule has 0 aliphatic carbocycles. The summed E-state index contributed by atoms with van der Waals surface area (Å²) in [5, 5.41) is 2.90. The zero-order chi connectivity index (χ0) is 18.4. The molecule has 1 heterocycles. The number of carbonyl (C=O) groups excluding carboxylic acids is 2. The smallest absolute Gasteiger partial charge is 0.252 e. The number of benzene rings is 1. The van der Waals surface area contributed by atoms with Crippen molar-refractivity contribution in [1.29, 1.82) is 0 Å². The van der Waals surface area contributed by atoms with Crippen molar-refractivity contribution in [2.24, 2.45) is 5.92 Å². The molecule has 138 valence electrons.